The second-order valence-electron chi connectivity index (χ2n) is 8.62. The van der Waals surface area contributed by atoms with Crippen LogP contribution >= 0.6 is 0 Å². The Balaban J connectivity index is 1.52. The highest BCUT2D eigenvalue weighted by Gasteiger charge is 2.42. The molecule has 2 aliphatic carbocycles. The van der Waals surface area contributed by atoms with Crippen LogP contribution < -0.4 is 0 Å². The van der Waals surface area contributed by atoms with Gasteiger partial charge in [-0.25, -0.2) is 13.2 Å². The van der Waals surface area contributed by atoms with E-state index < -0.39 is 18.3 Å². The maximum Gasteiger partial charge on any atom is 0.123 e. The molecule has 0 spiro atoms. The lowest BCUT2D eigenvalue weighted by molar-refractivity contribution is 0.0466. The van der Waals surface area contributed by atoms with Crippen molar-refractivity contribution in [3.8, 4) is 0 Å². The molecule has 146 valence electrons. The first-order valence-electron chi connectivity index (χ1n) is 10.6. The molecule has 3 rings (SSSR count). The van der Waals surface area contributed by atoms with Crippen molar-refractivity contribution in [3.05, 3.63) is 35.6 Å². The van der Waals surface area contributed by atoms with Gasteiger partial charge in [-0.15, -0.1) is 0 Å². The molecular weight excluding hydrogens is 333 g/mol. The molecule has 1 aromatic rings. The number of halogens is 3. The molecule has 2 atom stereocenters. The van der Waals surface area contributed by atoms with Crippen LogP contribution in [0.3, 0.4) is 0 Å². The highest BCUT2D eigenvalue weighted by Crippen LogP contribution is 2.46. The van der Waals surface area contributed by atoms with Gasteiger partial charge in [0.15, 0.2) is 0 Å². The minimum atomic E-state index is -1.16. The Kier molecular flexibility index (Phi) is 7.05. The standard InChI is InChI=1S/C23H33F3/c1-2-3-4-5-16-6-8-17(9-7-16)19-14-21(25)23(22(26)15-19)18-10-12-20(24)13-11-18/h10-13,16-17,19,21-23H,2-9,14-15H2,1H3. The van der Waals surface area contributed by atoms with E-state index in [-0.39, 0.29) is 11.7 Å². The molecule has 0 radical (unpaired) electrons. The van der Waals surface area contributed by atoms with Crippen molar-refractivity contribution >= 4 is 0 Å². The smallest absolute Gasteiger partial charge is 0.123 e. The minimum absolute atomic E-state index is 0.174. The van der Waals surface area contributed by atoms with Crippen LogP contribution in [0.25, 0.3) is 0 Å². The third-order valence-corrected chi connectivity index (χ3v) is 6.86. The number of hydrogen-bond acceptors (Lipinski definition) is 0. The lowest BCUT2D eigenvalue weighted by Gasteiger charge is -2.41. The maximum absolute atomic E-state index is 14.8. The van der Waals surface area contributed by atoms with Crippen LogP contribution in [0, 0.1) is 23.6 Å². The SMILES string of the molecule is CCCCCC1CCC(C2CC(F)C(c3ccc(F)cc3)C(F)C2)CC1. The van der Waals surface area contributed by atoms with Crippen LogP contribution in [0.15, 0.2) is 24.3 Å². The van der Waals surface area contributed by atoms with Crippen molar-refractivity contribution < 1.29 is 13.2 Å². The van der Waals surface area contributed by atoms with Crippen LogP contribution in [0.5, 0.6) is 0 Å². The van der Waals surface area contributed by atoms with E-state index in [2.05, 4.69) is 6.92 Å². The number of unbranched alkanes of at least 4 members (excludes halogenated alkanes) is 2. The minimum Gasteiger partial charge on any atom is -0.247 e. The summed E-state index contributed by atoms with van der Waals surface area (Å²) in [6.07, 6.45) is 8.62. The fourth-order valence-electron chi connectivity index (χ4n) is 5.31. The zero-order valence-corrected chi connectivity index (χ0v) is 16.0. The summed E-state index contributed by atoms with van der Waals surface area (Å²) in [4.78, 5) is 0. The molecule has 2 saturated carbocycles. The quantitative estimate of drug-likeness (QED) is 0.461. The summed E-state index contributed by atoms with van der Waals surface area (Å²) in [6.45, 7) is 2.24. The highest BCUT2D eigenvalue weighted by atomic mass is 19.1. The van der Waals surface area contributed by atoms with E-state index in [1.807, 2.05) is 0 Å². The molecule has 0 saturated heterocycles. The van der Waals surface area contributed by atoms with Gasteiger partial charge in [0.2, 0.25) is 0 Å². The Hall–Kier alpha value is -0.990. The normalized spacial score (nSPS) is 35.4. The monoisotopic (exact) mass is 366 g/mol. The van der Waals surface area contributed by atoms with Crippen molar-refractivity contribution in [2.75, 3.05) is 0 Å². The zero-order valence-electron chi connectivity index (χ0n) is 16.0. The molecule has 2 unspecified atom stereocenters. The van der Waals surface area contributed by atoms with Gasteiger partial charge in [-0.3, -0.25) is 0 Å². The number of rotatable bonds is 6. The van der Waals surface area contributed by atoms with Gasteiger partial charge in [-0.05, 0) is 61.1 Å². The average molecular weight is 367 g/mol. The predicted octanol–water partition coefficient (Wildman–Crippen LogP) is 7.38. The average Bonchev–Trinajstić information content (AvgIpc) is 2.63. The van der Waals surface area contributed by atoms with Gasteiger partial charge in [0, 0.05) is 5.92 Å². The van der Waals surface area contributed by atoms with Crippen LogP contribution in [0.2, 0.25) is 0 Å². The second kappa shape index (κ2) is 9.28. The topological polar surface area (TPSA) is 0 Å². The van der Waals surface area contributed by atoms with Gasteiger partial charge in [-0.1, -0.05) is 57.6 Å². The molecule has 0 amide bonds. The number of benzene rings is 1. The Morgan fingerprint density at radius 3 is 2.04 bits per heavy atom. The van der Waals surface area contributed by atoms with Crippen LogP contribution in [0.1, 0.15) is 82.6 Å². The van der Waals surface area contributed by atoms with Crippen LogP contribution in [-0.4, -0.2) is 12.3 Å². The van der Waals surface area contributed by atoms with E-state index in [4.69, 9.17) is 0 Å². The summed E-state index contributed by atoms with van der Waals surface area (Å²) in [5, 5.41) is 0. The second-order valence-corrected chi connectivity index (χ2v) is 8.62. The van der Waals surface area contributed by atoms with Gasteiger partial charge >= 0.3 is 0 Å². The largest absolute Gasteiger partial charge is 0.247 e. The van der Waals surface area contributed by atoms with Crippen molar-refractivity contribution in [1.82, 2.24) is 0 Å². The van der Waals surface area contributed by atoms with E-state index in [0.717, 1.165) is 18.8 Å². The molecule has 0 N–H and O–H groups in total. The maximum atomic E-state index is 14.8. The summed E-state index contributed by atoms with van der Waals surface area (Å²) in [6, 6.07) is 5.70. The Morgan fingerprint density at radius 2 is 1.46 bits per heavy atom. The van der Waals surface area contributed by atoms with Crippen molar-refractivity contribution in [2.45, 2.75) is 89.4 Å². The fourth-order valence-corrected chi connectivity index (χ4v) is 5.31. The van der Waals surface area contributed by atoms with E-state index in [1.54, 1.807) is 12.1 Å². The first-order valence-corrected chi connectivity index (χ1v) is 10.6. The van der Waals surface area contributed by atoms with Crippen molar-refractivity contribution in [3.63, 3.8) is 0 Å². The molecule has 0 heterocycles. The Morgan fingerprint density at radius 1 is 0.846 bits per heavy atom. The van der Waals surface area contributed by atoms with Crippen molar-refractivity contribution in [1.29, 1.82) is 0 Å². The summed E-state index contributed by atoms with van der Waals surface area (Å²) in [5.41, 5.74) is 0.601. The Bertz CT molecular complexity index is 521. The first kappa shape index (κ1) is 19.8. The number of hydrogen-bond donors (Lipinski definition) is 0. The first-order chi connectivity index (χ1) is 12.6. The lowest BCUT2D eigenvalue weighted by Crippen LogP contribution is -2.37. The lowest BCUT2D eigenvalue weighted by atomic mass is 9.66. The van der Waals surface area contributed by atoms with E-state index >= 15 is 0 Å². The third kappa shape index (κ3) is 4.84. The van der Waals surface area contributed by atoms with Gasteiger partial charge in [0.1, 0.15) is 18.2 Å². The van der Waals surface area contributed by atoms with Crippen LogP contribution in [-0.2, 0) is 0 Å². The molecule has 0 bridgehead atoms. The number of alkyl halides is 2. The molecule has 1 aromatic carbocycles. The molecule has 2 fully saturated rings. The van der Waals surface area contributed by atoms with Gasteiger partial charge in [0.05, 0.1) is 0 Å². The third-order valence-electron chi connectivity index (χ3n) is 6.86. The summed E-state index contributed by atoms with van der Waals surface area (Å²) in [5.74, 6) is 0.410. The van der Waals surface area contributed by atoms with Gasteiger partial charge in [-0.2, -0.15) is 0 Å². The molecule has 0 aromatic heterocycles. The van der Waals surface area contributed by atoms with E-state index in [1.165, 1.54) is 50.7 Å². The zero-order chi connectivity index (χ0) is 18.5. The van der Waals surface area contributed by atoms with E-state index in [9.17, 15) is 13.2 Å². The predicted molar refractivity (Wildman–Crippen MR) is 101 cm³/mol. The Labute approximate surface area is 156 Å². The molecule has 0 aliphatic heterocycles. The van der Waals surface area contributed by atoms with Crippen molar-refractivity contribution in [2.24, 2.45) is 17.8 Å². The van der Waals surface area contributed by atoms with Crippen LogP contribution in [0.4, 0.5) is 13.2 Å². The van der Waals surface area contributed by atoms with Gasteiger partial charge < -0.3 is 0 Å². The summed E-state index contributed by atoms with van der Waals surface area (Å²) < 4.78 is 42.8. The van der Waals surface area contributed by atoms with Gasteiger partial charge in [0.25, 0.3) is 0 Å². The fraction of sp³-hybridized carbons (Fsp3) is 0.739. The molecule has 3 heteroatoms. The molecular formula is C23H33F3. The molecule has 26 heavy (non-hydrogen) atoms. The summed E-state index contributed by atoms with van der Waals surface area (Å²) >= 11 is 0. The highest BCUT2D eigenvalue weighted by molar-refractivity contribution is 5.24. The summed E-state index contributed by atoms with van der Waals surface area (Å²) in [7, 11) is 0. The molecule has 2 aliphatic rings. The van der Waals surface area contributed by atoms with E-state index in [0.29, 0.717) is 24.3 Å². The molecule has 0 nitrogen and oxygen atoms in total.